The summed E-state index contributed by atoms with van der Waals surface area (Å²) in [5.41, 5.74) is -1.85. The van der Waals surface area contributed by atoms with E-state index in [-0.39, 0.29) is 6.61 Å². The molecule has 118 valence electrons. The number of halogens is 3. The van der Waals surface area contributed by atoms with Gasteiger partial charge in [0, 0.05) is 6.07 Å². The molecule has 1 aromatic rings. The maximum Gasteiger partial charge on any atom is 0.450 e. The molecule has 0 spiro atoms. The molecule has 8 heteroatoms. The molecule has 0 aromatic carbocycles. The van der Waals surface area contributed by atoms with Crippen LogP contribution in [-0.4, -0.2) is 24.1 Å². The number of furan rings is 1. The zero-order valence-electron chi connectivity index (χ0n) is 12.0. The Bertz CT molecular complexity index is 537. The molecule has 0 unspecified atom stereocenters. The molecule has 0 aliphatic carbocycles. The van der Waals surface area contributed by atoms with Crippen molar-refractivity contribution in [3.63, 3.8) is 0 Å². The predicted octanol–water partition coefficient (Wildman–Crippen LogP) is 3.43. The van der Waals surface area contributed by atoms with Crippen LogP contribution in [0.3, 0.4) is 0 Å². The molecule has 0 saturated heterocycles. The van der Waals surface area contributed by atoms with Gasteiger partial charge in [0.15, 0.2) is 0 Å². The zero-order chi connectivity index (χ0) is 16.4. The van der Waals surface area contributed by atoms with E-state index in [2.05, 4.69) is 9.15 Å². The molecule has 0 aliphatic rings. The van der Waals surface area contributed by atoms with Crippen LogP contribution in [0.4, 0.5) is 13.2 Å². The highest BCUT2D eigenvalue weighted by Crippen LogP contribution is 2.35. The van der Waals surface area contributed by atoms with Gasteiger partial charge in [0.25, 0.3) is 0 Å². The van der Waals surface area contributed by atoms with E-state index < -0.39 is 40.8 Å². The summed E-state index contributed by atoms with van der Waals surface area (Å²) >= 11 is 0. The third-order valence-electron chi connectivity index (χ3n) is 2.08. The quantitative estimate of drug-likeness (QED) is 0.800. The molecule has 0 atom stereocenters. The topological polar surface area (TPSA) is 65.7 Å². The van der Waals surface area contributed by atoms with Gasteiger partial charge in [-0.15, -0.1) is 0 Å². The fourth-order valence-corrected chi connectivity index (χ4v) is 1.39. The second kappa shape index (κ2) is 5.79. The number of ether oxygens (including phenoxy) is 2. The van der Waals surface area contributed by atoms with Gasteiger partial charge in [-0.05, 0) is 27.7 Å². The highest BCUT2D eigenvalue weighted by molar-refractivity contribution is 5.95. The molecular formula is C13H15F3O5. The molecule has 1 heterocycles. The molecule has 1 aromatic heterocycles. The van der Waals surface area contributed by atoms with E-state index in [1.165, 1.54) is 27.7 Å². The van der Waals surface area contributed by atoms with Crippen LogP contribution in [0.5, 0.6) is 0 Å². The Morgan fingerprint density at radius 3 is 2.19 bits per heavy atom. The van der Waals surface area contributed by atoms with E-state index in [9.17, 15) is 22.8 Å². The molecular weight excluding hydrogens is 293 g/mol. The SMILES string of the molecule is CCOC(=O)c1cc(C(=O)OC(C)(C)C)c(C(F)(F)F)o1. The number of alkyl halides is 3. The Balaban J connectivity index is 3.23. The van der Waals surface area contributed by atoms with Crippen molar-refractivity contribution >= 4 is 11.9 Å². The Kier molecular flexibility index (Phi) is 4.70. The first kappa shape index (κ1) is 17.1. The van der Waals surface area contributed by atoms with Gasteiger partial charge in [-0.1, -0.05) is 0 Å². The molecule has 0 bridgehead atoms. The van der Waals surface area contributed by atoms with Crippen LogP contribution in [-0.2, 0) is 15.7 Å². The number of carbonyl (C=O) groups excluding carboxylic acids is 2. The van der Waals surface area contributed by atoms with Crippen molar-refractivity contribution in [2.75, 3.05) is 6.61 Å². The minimum atomic E-state index is -4.93. The third kappa shape index (κ3) is 4.51. The first-order valence-electron chi connectivity index (χ1n) is 6.07. The van der Waals surface area contributed by atoms with Gasteiger partial charge >= 0.3 is 18.1 Å². The highest BCUT2D eigenvalue weighted by atomic mass is 19.4. The maximum atomic E-state index is 12.9. The smallest absolute Gasteiger partial charge is 0.450 e. The van der Waals surface area contributed by atoms with Gasteiger partial charge in [-0.3, -0.25) is 0 Å². The molecule has 21 heavy (non-hydrogen) atoms. The largest absolute Gasteiger partial charge is 0.460 e. The summed E-state index contributed by atoms with van der Waals surface area (Å²) in [5.74, 6) is -4.60. The summed E-state index contributed by atoms with van der Waals surface area (Å²) < 4.78 is 52.4. The average molecular weight is 308 g/mol. The van der Waals surface area contributed by atoms with Crippen LogP contribution >= 0.6 is 0 Å². The summed E-state index contributed by atoms with van der Waals surface area (Å²) in [5, 5.41) is 0. The zero-order valence-corrected chi connectivity index (χ0v) is 12.0. The lowest BCUT2D eigenvalue weighted by Crippen LogP contribution is -2.25. The van der Waals surface area contributed by atoms with Crippen molar-refractivity contribution in [1.82, 2.24) is 0 Å². The summed E-state index contributed by atoms with van der Waals surface area (Å²) in [6.45, 7) is 5.96. The van der Waals surface area contributed by atoms with E-state index in [1.54, 1.807) is 0 Å². The molecule has 0 aliphatic heterocycles. The minimum absolute atomic E-state index is 0.0390. The fraction of sp³-hybridized carbons (Fsp3) is 0.538. The average Bonchev–Trinajstić information content (AvgIpc) is 2.71. The molecule has 1 rings (SSSR count). The summed E-state index contributed by atoms with van der Waals surface area (Å²) in [6, 6.07) is 0.675. The van der Waals surface area contributed by atoms with Gasteiger partial charge in [0.2, 0.25) is 11.5 Å². The van der Waals surface area contributed by atoms with E-state index in [4.69, 9.17) is 4.74 Å². The van der Waals surface area contributed by atoms with Gasteiger partial charge in [-0.2, -0.15) is 13.2 Å². The van der Waals surface area contributed by atoms with Crippen LogP contribution in [0.2, 0.25) is 0 Å². The molecule has 0 fully saturated rings. The number of carbonyl (C=O) groups is 2. The van der Waals surface area contributed by atoms with Crippen LogP contribution in [0.15, 0.2) is 10.5 Å². The van der Waals surface area contributed by atoms with E-state index in [0.29, 0.717) is 6.07 Å². The molecule has 0 N–H and O–H groups in total. The Hall–Kier alpha value is -1.99. The molecule has 0 amide bonds. The van der Waals surface area contributed by atoms with E-state index in [0.717, 1.165) is 0 Å². The predicted molar refractivity (Wildman–Crippen MR) is 64.8 cm³/mol. The van der Waals surface area contributed by atoms with Crippen LogP contribution in [0.1, 0.15) is 54.4 Å². The fourth-order valence-electron chi connectivity index (χ4n) is 1.39. The number of hydrogen-bond donors (Lipinski definition) is 0. The Labute approximate surface area is 119 Å². The second-order valence-electron chi connectivity index (χ2n) is 5.07. The first-order valence-corrected chi connectivity index (χ1v) is 6.07. The lowest BCUT2D eigenvalue weighted by Gasteiger charge is -2.19. The van der Waals surface area contributed by atoms with Crippen molar-refractivity contribution in [2.24, 2.45) is 0 Å². The summed E-state index contributed by atoms with van der Waals surface area (Å²) in [6.07, 6.45) is -4.93. The van der Waals surface area contributed by atoms with Crippen molar-refractivity contribution in [2.45, 2.75) is 39.5 Å². The number of hydrogen-bond acceptors (Lipinski definition) is 5. The Morgan fingerprint density at radius 1 is 1.19 bits per heavy atom. The minimum Gasteiger partial charge on any atom is -0.460 e. The highest BCUT2D eigenvalue weighted by Gasteiger charge is 2.42. The lowest BCUT2D eigenvalue weighted by atomic mass is 10.1. The number of esters is 2. The maximum absolute atomic E-state index is 12.9. The first-order chi connectivity index (χ1) is 9.45. The number of rotatable bonds is 3. The molecule has 0 saturated carbocycles. The summed E-state index contributed by atoms with van der Waals surface area (Å²) in [4.78, 5) is 23.2. The van der Waals surface area contributed by atoms with Gasteiger partial charge in [0.1, 0.15) is 11.2 Å². The molecule has 0 radical (unpaired) electrons. The van der Waals surface area contributed by atoms with E-state index >= 15 is 0 Å². The van der Waals surface area contributed by atoms with Crippen LogP contribution in [0, 0.1) is 0 Å². The van der Waals surface area contributed by atoms with E-state index in [1.807, 2.05) is 0 Å². The monoisotopic (exact) mass is 308 g/mol. The van der Waals surface area contributed by atoms with Gasteiger partial charge in [-0.25, -0.2) is 9.59 Å². The van der Waals surface area contributed by atoms with Crippen LogP contribution < -0.4 is 0 Å². The van der Waals surface area contributed by atoms with Crippen LogP contribution in [0.25, 0.3) is 0 Å². The second-order valence-corrected chi connectivity index (χ2v) is 5.07. The molecule has 5 nitrogen and oxygen atoms in total. The third-order valence-corrected chi connectivity index (χ3v) is 2.08. The van der Waals surface area contributed by atoms with Crippen molar-refractivity contribution < 1.29 is 36.7 Å². The van der Waals surface area contributed by atoms with Gasteiger partial charge < -0.3 is 13.9 Å². The van der Waals surface area contributed by atoms with Crippen molar-refractivity contribution in [1.29, 1.82) is 0 Å². The summed E-state index contributed by atoms with van der Waals surface area (Å²) in [7, 11) is 0. The Morgan fingerprint density at radius 2 is 1.76 bits per heavy atom. The lowest BCUT2D eigenvalue weighted by molar-refractivity contribution is -0.154. The van der Waals surface area contributed by atoms with Gasteiger partial charge in [0.05, 0.1) is 6.61 Å². The normalized spacial score (nSPS) is 12.1. The van der Waals surface area contributed by atoms with Crippen molar-refractivity contribution in [3.8, 4) is 0 Å². The standard InChI is InChI=1S/C13H15F3O5/c1-5-19-11(18)8-6-7(9(20-8)13(14,15)16)10(17)21-12(2,3)4/h6H,5H2,1-4H3. The van der Waals surface area contributed by atoms with Crippen molar-refractivity contribution in [3.05, 3.63) is 23.2 Å².